The second kappa shape index (κ2) is 38.2. The average molecular weight is 1420 g/mol. The minimum absolute atomic E-state index is 0.0121. The summed E-state index contributed by atoms with van der Waals surface area (Å²) >= 11 is 1.66. The number of pyridine rings is 3. The van der Waals surface area contributed by atoms with Gasteiger partial charge in [0.05, 0.1) is 21.3 Å². The summed E-state index contributed by atoms with van der Waals surface area (Å²) in [6.45, 7) is 0.841. The van der Waals surface area contributed by atoms with E-state index in [-0.39, 0.29) is 50.7 Å². The van der Waals surface area contributed by atoms with Crippen molar-refractivity contribution in [2.24, 2.45) is 0 Å². The van der Waals surface area contributed by atoms with Gasteiger partial charge in [-0.15, -0.1) is 11.8 Å². The molecule has 10 rings (SSSR count). The Morgan fingerprint density at radius 3 is 1.12 bits per heavy atom. The molecule has 0 N–H and O–H groups in total. The maximum Gasteiger partial charge on any atom is 0.511 e. The highest BCUT2D eigenvalue weighted by Crippen LogP contribution is 2.35. The van der Waals surface area contributed by atoms with E-state index < -0.39 is 34.2 Å². The van der Waals surface area contributed by atoms with E-state index in [9.17, 15) is 44.3 Å². The van der Waals surface area contributed by atoms with E-state index in [1.807, 2.05) is 163 Å². The zero-order valence-electron chi connectivity index (χ0n) is 55.9. The van der Waals surface area contributed by atoms with Crippen LogP contribution >= 0.6 is 11.8 Å². The minimum atomic E-state index is -5.55. The third kappa shape index (κ3) is 23.9. The molecule has 3 aromatic heterocycles. The van der Waals surface area contributed by atoms with Gasteiger partial charge in [0.15, 0.2) is 34.5 Å². The van der Waals surface area contributed by atoms with Gasteiger partial charge >= 0.3 is 27.6 Å². The first kappa shape index (κ1) is 76.3. The van der Waals surface area contributed by atoms with Crippen molar-refractivity contribution in [3.8, 4) is 34.5 Å². The number of methoxy groups -OCH3 is 3. The lowest BCUT2D eigenvalue weighted by molar-refractivity contribution is -0.186. The molecule has 528 valence electrons. The highest BCUT2D eigenvalue weighted by Gasteiger charge is 2.50. The summed E-state index contributed by atoms with van der Waals surface area (Å²) in [6.07, 6.45) is 2.81. The number of rotatable bonds is 30. The van der Waals surface area contributed by atoms with Crippen molar-refractivity contribution in [2.75, 3.05) is 47.2 Å². The number of hydrogen-bond donors (Lipinski definition) is 0. The first-order valence-electron chi connectivity index (χ1n) is 31.8. The second-order valence-corrected chi connectivity index (χ2v) is 25.3. The predicted molar refractivity (Wildman–Crippen MR) is 375 cm³/mol. The van der Waals surface area contributed by atoms with Crippen molar-refractivity contribution in [3.05, 3.63) is 299 Å². The summed E-state index contributed by atoms with van der Waals surface area (Å²) in [5.41, 5.74) is 2.07. The summed E-state index contributed by atoms with van der Waals surface area (Å²) in [7, 11) is -1.06. The maximum atomic E-state index is 13.5. The van der Waals surface area contributed by atoms with Crippen LogP contribution in [0.15, 0.2) is 248 Å². The summed E-state index contributed by atoms with van der Waals surface area (Å²) in [5.74, 6) is 0.930. The molecule has 0 aliphatic rings. The zero-order valence-corrected chi connectivity index (χ0v) is 57.6. The molecule has 0 bridgehead atoms. The van der Waals surface area contributed by atoms with Gasteiger partial charge in [0, 0.05) is 105 Å². The van der Waals surface area contributed by atoms with Crippen LogP contribution in [0.1, 0.15) is 60.8 Å². The minimum Gasteiger partial charge on any atom is -0.493 e. The summed E-state index contributed by atoms with van der Waals surface area (Å²) < 4.78 is 138. The smallest absolute Gasteiger partial charge is 0.493 e. The van der Waals surface area contributed by atoms with Crippen LogP contribution in [0.25, 0.3) is 0 Å². The van der Waals surface area contributed by atoms with Gasteiger partial charge in [-0.1, -0.05) is 127 Å². The molecule has 0 aliphatic heterocycles. The summed E-state index contributed by atoms with van der Waals surface area (Å²) in [6, 6.07) is 67.9. The number of nitrogens with zero attached hydrogens (tertiary/aromatic N) is 6. The predicted octanol–water partition coefficient (Wildman–Crippen LogP) is 15.6. The SMILES string of the molecule is COc1cc(CN(CCc2ccccn2)C(=O)C(F)(F)F)ccc1OCc1ccccc1.COc1cc(CN(CCc2ccccn2)C(=O)c2ccc(SC)cc2)ccc1OCc1ccccc1.COc1cc(CN(CCc2ccccn2)S(=O)(=O)C(F)(F)F)ccc1OCc1ccccc1. The monoisotopic (exact) mass is 1420 g/mol. The number of carbonyl (C=O) groups is 2. The highest BCUT2D eigenvalue weighted by atomic mass is 32.2. The van der Waals surface area contributed by atoms with Crippen molar-refractivity contribution in [2.45, 2.75) is 75.3 Å². The van der Waals surface area contributed by atoms with Crippen LogP contribution < -0.4 is 28.4 Å². The number of halogens is 6. The number of amides is 2. The fourth-order valence-electron chi connectivity index (χ4n) is 10.0. The Labute approximate surface area is 588 Å². The van der Waals surface area contributed by atoms with Crippen LogP contribution in [0.3, 0.4) is 0 Å². The Hall–Kier alpha value is -10.4. The molecule has 0 saturated carbocycles. The molecule has 0 radical (unpaired) electrons. The lowest BCUT2D eigenvalue weighted by Crippen LogP contribution is -2.41. The molecule has 0 aliphatic carbocycles. The standard InChI is InChI=1S/C30H30N2O3S.C24H23F3N2O3.C23H23F3N2O4S/c1-34-29-20-24(11-16-28(29)35-22-23-8-4-3-5-9-23)21-32(19-17-26-10-6-7-18-31-26)30(33)25-12-14-27(36-2)15-13-25;1-31-22-15-19(10-11-21(22)32-17-18-7-3-2-4-8-18)16-29(23(30)24(25,26)27)14-12-20-9-5-6-13-28-20;1-31-22-15-19(10-11-21(22)32-17-18-7-3-2-4-8-18)16-28(33(29,30)23(24,25)26)14-12-20-9-5-6-13-27-20/h3-16,18,20H,17,19,21-22H2,1-2H3;2-11,13,15H,12,14,16-17H2,1H3;2-11,13,15H,12,14,16-17H2,1H3. The van der Waals surface area contributed by atoms with E-state index in [1.165, 1.54) is 32.5 Å². The van der Waals surface area contributed by atoms with Crippen molar-refractivity contribution in [1.82, 2.24) is 29.1 Å². The number of carbonyl (C=O) groups excluding carboxylic acids is 2. The van der Waals surface area contributed by atoms with Crippen molar-refractivity contribution in [1.29, 1.82) is 0 Å². The topological polar surface area (TPSA) is 172 Å². The maximum absolute atomic E-state index is 13.5. The Morgan fingerprint density at radius 2 is 0.772 bits per heavy atom. The number of thioether (sulfide) groups is 1. The van der Waals surface area contributed by atoms with E-state index in [0.717, 1.165) is 37.7 Å². The first-order valence-corrected chi connectivity index (χ1v) is 34.5. The highest BCUT2D eigenvalue weighted by molar-refractivity contribution is 7.98. The molecule has 3 heterocycles. The largest absolute Gasteiger partial charge is 0.511 e. The van der Waals surface area contributed by atoms with E-state index >= 15 is 0 Å². The number of ether oxygens (including phenoxy) is 6. The molecular weight excluding hydrogens is 1350 g/mol. The van der Waals surface area contributed by atoms with Crippen LogP contribution in [0, 0.1) is 0 Å². The van der Waals surface area contributed by atoms with Gasteiger partial charge < -0.3 is 38.2 Å². The molecule has 0 fully saturated rings. The first-order chi connectivity index (χ1) is 48.7. The number of aromatic nitrogens is 3. The van der Waals surface area contributed by atoms with Crippen molar-refractivity contribution < 1.29 is 72.8 Å². The normalized spacial score (nSPS) is 11.2. The Bertz CT molecular complexity index is 4280. The molecule has 2 amide bonds. The van der Waals surface area contributed by atoms with Crippen LogP contribution in [0.5, 0.6) is 34.5 Å². The molecule has 0 saturated heterocycles. The van der Waals surface area contributed by atoms with Gasteiger partial charge in [-0.25, -0.2) is 8.42 Å². The molecule has 0 spiro atoms. The molecule has 7 aromatic carbocycles. The molecule has 24 heteroatoms. The van der Waals surface area contributed by atoms with Gasteiger partial charge in [-0.05, 0) is 137 Å². The fraction of sp³-hybridized carbons (Fsp3) is 0.234. The van der Waals surface area contributed by atoms with Crippen LogP contribution in [-0.2, 0) is 73.5 Å². The van der Waals surface area contributed by atoms with Gasteiger partial charge in [-0.2, -0.15) is 30.6 Å². The Balaban J connectivity index is 0.000000193. The van der Waals surface area contributed by atoms with Crippen LogP contribution in [0.4, 0.5) is 26.3 Å². The lowest BCUT2D eigenvalue weighted by atomic mass is 10.1. The van der Waals surface area contributed by atoms with Gasteiger partial charge in [-0.3, -0.25) is 24.5 Å². The third-order valence-corrected chi connectivity index (χ3v) is 17.7. The van der Waals surface area contributed by atoms with Gasteiger partial charge in [0.1, 0.15) is 19.8 Å². The van der Waals surface area contributed by atoms with Crippen LogP contribution in [-0.4, -0.2) is 108 Å². The number of hydrogen-bond acceptors (Lipinski definition) is 14. The number of sulfonamides is 1. The van der Waals surface area contributed by atoms with E-state index in [1.54, 1.807) is 91.9 Å². The van der Waals surface area contributed by atoms with E-state index in [2.05, 4.69) is 15.0 Å². The molecule has 16 nitrogen and oxygen atoms in total. The van der Waals surface area contributed by atoms with Crippen molar-refractivity contribution >= 4 is 33.6 Å². The molecule has 10 aromatic rings. The second-order valence-electron chi connectivity index (χ2n) is 22.5. The lowest BCUT2D eigenvalue weighted by Gasteiger charge is -2.24. The Morgan fingerprint density at radius 1 is 0.416 bits per heavy atom. The quantitative estimate of drug-likeness (QED) is 0.0307. The van der Waals surface area contributed by atoms with Crippen LogP contribution in [0.2, 0.25) is 0 Å². The number of alkyl halides is 6. The molecular formula is C77H76F6N6O10S2. The molecule has 0 atom stereocenters. The summed E-state index contributed by atoms with van der Waals surface area (Å²) in [5, 5.41) is 0. The fourth-order valence-corrected chi connectivity index (χ4v) is 11.4. The van der Waals surface area contributed by atoms with Crippen molar-refractivity contribution in [3.63, 3.8) is 0 Å². The van der Waals surface area contributed by atoms with E-state index in [4.69, 9.17) is 28.4 Å². The third-order valence-electron chi connectivity index (χ3n) is 15.4. The zero-order chi connectivity index (χ0) is 72.0. The van der Waals surface area contributed by atoms with Gasteiger partial charge in [0.25, 0.3) is 5.91 Å². The Kier molecular flexibility index (Phi) is 28.9. The summed E-state index contributed by atoms with van der Waals surface area (Å²) in [4.78, 5) is 41.8. The van der Waals surface area contributed by atoms with Gasteiger partial charge in [0.2, 0.25) is 0 Å². The average Bonchev–Trinajstić information content (AvgIpc) is 0.808. The number of benzene rings is 7. The molecule has 0 unspecified atom stereocenters. The molecule has 101 heavy (non-hydrogen) atoms. The van der Waals surface area contributed by atoms with E-state index in [0.29, 0.717) is 93.9 Å².